The lowest BCUT2D eigenvalue weighted by Gasteiger charge is -2.47. The molecule has 2 aliphatic rings. The van der Waals surface area contributed by atoms with Gasteiger partial charge in [0.2, 0.25) is 0 Å². The Morgan fingerprint density at radius 1 is 1.09 bits per heavy atom. The van der Waals surface area contributed by atoms with Crippen LogP contribution in [0.1, 0.15) is 30.4 Å². The number of nitrogens with zero attached hydrogens (tertiary/aromatic N) is 3. The number of piperidine rings is 1. The SMILES string of the molecule is O=C(O)CCOCCc1cccc(CN2CCC3(CC2)CN(c2ccccn2)CCO3)c1. The first kappa shape index (κ1) is 22.7. The average Bonchev–Trinajstić information content (AvgIpc) is 2.81. The van der Waals surface area contributed by atoms with Crippen molar-refractivity contribution in [1.82, 2.24) is 9.88 Å². The van der Waals surface area contributed by atoms with Crippen molar-refractivity contribution in [3.63, 3.8) is 0 Å². The van der Waals surface area contributed by atoms with E-state index in [0.29, 0.717) is 6.61 Å². The van der Waals surface area contributed by atoms with Crippen molar-refractivity contribution >= 4 is 11.8 Å². The van der Waals surface area contributed by atoms with Crippen molar-refractivity contribution in [2.75, 3.05) is 50.9 Å². The maximum Gasteiger partial charge on any atom is 0.305 e. The summed E-state index contributed by atoms with van der Waals surface area (Å²) < 4.78 is 11.7. The lowest BCUT2D eigenvalue weighted by atomic mass is 9.89. The summed E-state index contributed by atoms with van der Waals surface area (Å²) in [6, 6.07) is 14.7. The van der Waals surface area contributed by atoms with Crippen LogP contribution >= 0.6 is 0 Å². The number of ether oxygens (including phenoxy) is 2. The molecule has 0 saturated carbocycles. The molecule has 1 spiro atoms. The van der Waals surface area contributed by atoms with Crippen LogP contribution in [0.15, 0.2) is 48.7 Å². The number of aliphatic carboxylic acids is 1. The van der Waals surface area contributed by atoms with E-state index < -0.39 is 5.97 Å². The molecule has 0 bridgehead atoms. The average molecular weight is 440 g/mol. The van der Waals surface area contributed by atoms with Crippen LogP contribution in [0.2, 0.25) is 0 Å². The number of morpholine rings is 1. The van der Waals surface area contributed by atoms with Gasteiger partial charge < -0.3 is 19.5 Å². The van der Waals surface area contributed by atoms with Crippen molar-refractivity contribution < 1.29 is 19.4 Å². The van der Waals surface area contributed by atoms with Gasteiger partial charge in [0.15, 0.2) is 0 Å². The molecule has 0 amide bonds. The first-order valence-electron chi connectivity index (χ1n) is 11.5. The van der Waals surface area contributed by atoms with Gasteiger partial charge in [0.05, 0.1) is 31.8 Å². The van der Waals surface area contributed by atoms with Gasteiger partial charge in [-0.05, 0) is 42.5 Å². The van der Waals surface area contributed by atoms with E-state index in [1.807, 2.05) is 18.3 Å². The Labute approximate surface area is 190 Å². The molecule has 172 valence electrons. The monoisotopic (exact) mass is 439 g/mol. The Balaban J connectivity index is 1.25. The highest BCUT2D eigenvalue weighted by atomic mass is 16.5. The molecule has 0 atom stereocenters. The van der Waals surface area contributed by atoms with Gasteiger partial charge >= 0.3 is 5.97 Å². The number of carboxylic acid groups (broad SMARTS) is 1. The Hall–Kier alpha value is -2.48. The summed E-state index contributed by atoms with van der Waals surface area (Å²) in [6.45, 7) is 6.38. The Morgan fingerprint density at radius 2 is 1.94 bits per heavy atom. The van der Waals surface area contributed by atoms with Gasteiger partial charge in [0.25, 0.3) is 0 Å². The molecule has 0 aliphatic carbocycles. The quantitative estimate of drug-likeness (QED) is 0.602. The van der Waals surface area contributed by atoms with Crippen LogP contribution in [-0.4, -0.2) is 72.6 Å². The molecular weight excluding hydrogens is 406 g/mol. The van der Waals surface area contributed by atoms with E-state index in [0.717, 1.165) is 64.4 Å². The third-order valence-corrected chi connectivity index (χ3v) is 6.38. The van der Waals surface area contributed by atoms with Crippen molar-refractivity contribution in [2.24, 2.45) is 0 Å². The summed E-state index contributed by atoms with van der Waals surface area (Å²) in [5, 5.41) is 8.67. The normalized spacial score (nSPS) is 18.7. The predicted octanol–water partition coefficient (Wildman–Crippen LogP) is 2.99. The largest absolute Gasteiger partial charge is 0.481 e. The third kappa shape index (κ3) is 6.28. The molecule has 2 saturated heterocycles. The predicted molar refractivity (Wildman–Crippen MR) is 123 cm³/mol. The fourth-order valence-corrected chi connectivity index (χ4v) is 4.60. The van der Waals surface area contributed by atoms with Crippen molar-refractivity contribution in [1.29, 1.82) is 0 Å². The van der Waals surface area contributed by atoms with Gasteiger partial charge in [-0.15, -0.1) is 0 Å². The standard InChI is InChI=1S/C25H33N3O4/c29-24(30)8-16-31-15-7-21-4-3-5-22(18-21)19-27-12-9-25(10-13-27)20-28(14-17-32-25)23-6-1-2-11-26-23/h1-6,11,18H,7-10,12-17,19-20H2,(H,29,30). The number of rotatable bonds is 9. The summed E-state index contributed by atoms with van der Waals surface area (Å²) in [5.74, 6) is 0.222. The van der Waals surface area contributed by atoms with Crippen LogP contribution in [0.5, 0.6) is 0 Å². The van der Waals surface area contributed by atoms with E-state index in [1.54, 1.807) is 0 Å². The number of likely N-dealkylation sites (tertiary alicyclic amines) is 1. The van der Waals surface area contributed by atoms with Gasteiger partial charge in [-0.1, -0.05) is 30.3 Å². The summed E-state index contributed by atoms with van der Waals surface area (Å²) in [4.78, 5) is 19.9. The second-order valence-corrected chi connectivity index (χ2v) is 8.74. The van der Waals surface area contributed by atoms with E-state index in [-0.39, 0.29) is 18.6 Å². The summed E-state index contributed by atoms with van der Waals surface area (Å²) >= 11 is 0. The number of aromatic nitrogens is 1. The molecule has 1 aromatic carbocycles. The molecule has 1 N–H and O–H groups in total. The molecule has 2 aliphatic heterocycles. The van der Waals surface area contributed by atoms with E-state index in [1.165, 1.54) is 11.1 Å². The van der Waals surface area contributed by atoms with Crippen molar-refractivity contribution in [3.8, 4) is 0 Å². The topological polar surface area (TPSA) is 75.1 Å². The zero-order chi connectivity index (χ0) is 22.2. The molecule has 4 rings (SSSR count). The fourth-order valence-electron chi connectivity index (χ4n) is 4.60. The molecule has 0 radical (unpaired) electrons. The van der Waals surface area contributed by atoms with Gasteiger partial charge in [0.1, 0.15) is 5.82 Å². The van der Waals surface area contributed by atoms with Crippen LogP contribution in [-0.2, 0) is 27.2 Å². The molecule has 2 fully saturated rings. The number of carbonyl (C=O) groups is 1. The smallest absolute Gasteiger partial charge is 0.305 e. The first-order valence-corrected chi connectivity index (χ1v) is 11.5. The van der Waals surface area contributed by atoms with E-state index in [2.05, 4.69) is 45.1 Å². The second-order valence-electron chi connectivity index (χ2n) is 8.74. The Kier molecular flexibility index (Phi) is 7.73. The minimum Gasteiger partial charge on any atom is -0.481 e. The minimum atomic E-state index is -0.821. The van der Waals surface area contributed by atoms with E-state index in [9.17, 15) is 4.79 Å². The highest BCUT2D eigenvalue weighted by molar-refractivity contribution is 5.66. The third-order valence-electron chi connectivity index (χ3n) is 6.38. The number of benzene rings is 1. The van der Waals surface area contributed by atoms with Crippen LogP contribution in [0, 0.1) is 0 Å². The Morgan fingerprint density at radius 3 is 2.72 bits per heavy atom. The van der Waals surface area contributed by atoms with Crippen LogP contribution < -0.4 is 4.90 Å². The summed E-state index contributed by atoms with van der Waals surface area (Å²) in [6.07, 6.45) is 4.78. The highest BCUT2D eigenvalue weighted by Crippen LogP contribution is 2.32. The molecule has 3 heterocycles. The number of anilines is 1. The number of hydrogen-bond donors (Lipinski definition) is 1. The molecule has 7 nitrogen and oxygen atoms in total. The van der Waals surface area contributed by atoms with Gasteiger partial charge in [-0.3, -0.25) is 9.69 Å². The maximum absolute atomic E-state index is 10.5. The van der Waals surface area contributed by atoms with Gasteiger partial charge in [-0.2, -0.15) is 0 Å². The van der Waals surface area contributed by atoms with Crippen LogP contribution in [0.25, 0.3) is 0 Å². The molecule has 2 aromatic rings. The second kappa shape index (κ2) is 10.9. The van der Waals surface area contributed by atoms with Crippen LogP contribution in [0.4, 0.5) is 5.82 Å². The molecule has 32 heavy (non-hydrogen) atoms. The van der Waals surface area contributed by atoms with Crippen molar-refractivity contribution in [2.45, 2.75) is 37.8 Å². The lowest BCUT2D eigenvalue weighted by molar-refractivity contribution is -0.138. The van der Waals surface area contributed by atoms with Gasteiger partial charge in [0, 0.05) is 38.9 Å². The number of pyridine rings is 1. The first-order chi connectivity index (χ1) is 15.6. The van der Waals surface area contributed by atoms with Crippen molar-refractivity contribution in [3.05, 3.63) is 59.8 Å². The summed E-state index contributed by atoms with van der Waals surface area (Å²) in [5.41, 5.74) is 2.47. The number of hydrogen-bond acceptors (Lipinski definition) is 6. The van der Waals surface area contributed by atoms with E-state index in [4.69, 9.17) is 14.6 Å². The van der Waals surface area contributed by atoms with Gasteiger partial charge in [-0.25, -0.2) is 4.98 Å². The Bertz CT molecular complexity index is 869. The molecule has 7 heteroatoms. The molecule has 1 aromatic heterocycles. The zero-order valence-corrected chi connectivity index (χ0v) is 18.6. The maximum atomic E-state index is 10.5. The van der Waals surface area contributed by atoms with E-state index >= 15 is 0 Å². The molecule has 0 unspecified atom stereocenters. The minimum absolute atomic E-state index is 0.0554. The molecular formula is C25H33N3O4. The fraction of sp³-hybridized carbons (Fsp3) is 0.520. The summed E-state index contributed by atoms with van der Waals surface area (Å²) in [7, 11) is 0. The van der Waals surface area contributed by atoms with Crippen LogP contribution in [0.3, 0.4) is 0 Å². The zero-order valence-electron chi connectivity index (χ0n) is 18.6. The lowest BCUT2D eigenvalue weighted by Crippen LogP contribution is -2.57. The number of carboxylic acids is 1. The highest BCUT2D eigenvalue weighted by Gasteiger charge is 2.40.